The van der Waals surface area contributed by atoms with Crippen LogP contribution in [0.2, 0.25) is 0 Å². The van der Waals surface area contributed by atoms with Crippen molar-refractivity contribution in [3.05, 3.63) is 41.3 Å². The van der Waals surface area contributed by atoms with Crippen LogP contribution < -0.4 is 5.32 Å². The normalized spacial score (nSPS) is 11.4. The molecule has 0 spiro atoms. The van der Waals surface area contributed by atoms with E-state index in [1.54, 1.807) is 6.26 Å². The lowest BCUT2D eigenvalue weighted by atomic mass is 10.1. The molecule has 112 valence electrons. The molecule has 1 amide bonds. The van der Waals surface area contributed by atoms with Gasteiger partial charge in [-0.15, -0.1) is 10.2 Å². The molecule has 0 radical (unpaired) electrons. The summed E-state index contributed by atoms with van der Waals surface area (Å²) in [4.78, 5) is 11.8. The van der Waals surface area contributed by atoms with E-state index in [9.17, 15) is 18.0 Å². The fraction of sp³-hybridized carbons (Fsp3) is 0.250. The summed E-state index contributed by atoms with van der Waals surface area (Å²) in [6.07, 6.45) is -2.74. The van der Waals surface area contributed by atoms with Crippen LogP contribution in [0.3, 0.4) is 0 Å². The minimum atomic E-state index is -4.49. The molecule has 0 aliphatic rings. The highest BCUT2D eigenvalue weighted by atomic mass is 32.2. The summed E-state index contributed by atoms with van der Waals surface area (Å²) in [6.45, 7) is -0.0529. The van der Waals surface area contributed by atoms with E-state index < -0.39 is 17.6 Å². The number of thioether (sulfide) groups is 1. The topological polar surface area (TPSA) is 68.0 Å². The molecule has 1 heterocycles. The van der Waals surface area contributed by atoms with E-state index >= 15 is 0 Å². The Kier molecular flexibility index (Phi) is 4.51. The molecule has 0 aliphatic heterocycles. The van der Waals surface area contributed by atoms with Crippen LogP contribution >= 0.6 is 11.8 Å². The zero-order valence-electron chi connectivity index (χ0n) is 10.8. The minimum Gasteiger partial charge on any atom is -0.414 e. The summed E-state index contributed by atoms with van der Waals surface area (Å²) in [5.41, 5.74) is -0.966. The van der Waals surface area contributed by atoms with Crippen LogP contribution in [0.15, 0.2) is 33.9 Å². The Morgan fingerprint density at radius 3 is 2.76 bits per heavy atom. The number of benzene rings is 1. The highest BCUT2D eigenvalue weighted by molar-refractivity contribution is 7.98. The van der Waals surface area contributed by atoms with E-state index in [1.165, 1.54) is 23.9 Å². The SMILES string of the molecule is CSc1nnc(CNC(=O)c2cccc(C(F)(F)F)c2)o1. The molecule has 0 fully saturated rings. The highest BCUT2D eigenvalue weighted by Crippen LogP contribution is 2.29. The van der Waals surface area contributed by atoms with E-state index in [0.717, 1.165) is 12.1 Å². The maximum absolute atomic E-state index is 12.6. The number of rotatable bonds is 4. The van der Waals surface area contributed by atoms with E-state index in [0.29, 0.717) is 5.22 Å². The largest absolute Gasteiger partial charge is 0.416 e. The molecular formula is C12H10F3N3O2S. The average molecular weight is 317 g/mol. The molecule has 0 atom stereocenters. The third-order valence-electron chi connectivity index (χ3n) is 2.48. The first-order valence-corrected chi connectivity index (χ1v) is 6.94. The van der Waals surface area contributed by atoms with Crippen molar-refractivity contribution in [3.8, 4) is 0 Å². The van der Waals surface area contributed by atoms with Gasteiger partial charge in [-0.3, -0.25) is 4.79 Å². The molecular weight excluding hydrogens is 307 g/mol. The molecule has 0 aliphatic carbocycles. The van der Waals surface area contributed by atoms with Gasteiger partial charge in [0, 0.05) is 5.56 Å². The lowest BCUT2D eigenvalue weighted by molar-refractivity contribution is -0.137. The van der Waals surface area contributed by atoms with Crippen molar-refractivity contribution < 1.29 is 22.4 Å². The van der Waals surface area contributed by atoms with Crippen LogP contribution in [0.4, 0.5) is 13.2 Å². The van der Waals surface area contributed by atoms with Gasteiger partial charge in [-0.2, -0.15) is 13.2 Å². The first-order valence-electron chi connectivity index (χ1n) is 5.72. The molecule has 21 heavy (non-hydrogen) atoms. The molecule has 1 aromatic carbocycles. The molecule has 0 unspecified atom stereocenters. The van der Waals surface area contributed by atoms with Gasteiger partial charge in [-0.25, -0.2) is 0 Å². The lowest BCUT2D eigenvalue weighted by Crippen LogP contribution is -2.23. The number of hydrogen-bond acceptors (Lipinski definition) is 5. The third-order valence-corrected chi connectivity index (χ3v) is 2.99. The van der Waals surface area contributed by atoms with Gasteiger partial charge >= 0.3 is 6.18 Å². The maximum atomic E-state index is 12.6. The predicted octanol–water partition coefficient (Wildman–Crippen LogP) is 2.74. The fourth-order valence-electron chi connectivity index (χ4n) is 1.49. The Bertz CT molecular complexity index is 643. The van der Waals surface area contributed by atoms with E-state index in [2.05, 4.69) is 15.5 Å². The zero-order valence-corrected chi connectivity index (χ0v) is 11.6. The molecule has 2 rings (SSSR count). The van der Waals surface area contributed by atoms with Crippen LogP contribution in [0.5, 0.6) is 0 Å². The molecule has 0 bridgehead atoms. The van der Waals surface area contributed by atoms with Crippen molar-refractivity contribution >= 4 is 17.7 Å². The van der Waals surface area contributed by atoms with Gasteiger partial charge in [-0.1, -0.05) is 17.8 Å². The van der Waals surface area contributed by atoms with Gasteiger partial charge in [0.15, 0.2) is 0 Å². The van der Waals surface area contributed by atoms with Gasteiger partial charge in [0.05, 0.1) is 12.1 Å². The summed E-state index contributed by atoms with van der Waals surface area (Å²) in [6, 6.07) is 4.16. The van der Waals surface area contributed by atoms with E-state index in [-0.39, 0.29) is 18.0 Å². The van der Waals surface area contributed by atoms with E-state index in [1.807, 2.05) is 0 Å². The first kappa shape index (κ1) is 15.4. The standard InChI is InChI=1S/C12H10F3N3O2S/c1-21-11-18-17-9(20-11)6-16-10(19)7-3-2-4-8(5-7)12(13,14)15/h2-5H,6H2,1H3,(H,16,19). The molecule has 0 saturated carbocycles. The van der Waals surface area contributed by atoms with Crippen LogP contribution in [-0.2, 0) is 12.7 Å². The number of halogens is 3. The summed E-state index contributed by atoms with van der Waals surface area (Å²) in [5, 5.41) is 10.1. The predicted molar refractivity (Wildman–Crippen MR) is 68.7 cm³/mol. The van der Waals surface area contributed by atoms with Crippen molar-refractivity contribution in [2.45, 2.75) is 17.9 Å². The Balaban J connectivity index is 2.03. The Morgan fingerprint density at radius 2 is 2.14 bits per heavy atom. The fourth-order valence-corrected chi connectivity index (χ4v) is 1.79. The number of nitrogens with zero attached hydrogens (tertiary/aromatic N) is 2. The number of hydrogen-bond donors (Lipinski definition) is 1. The molecule has 1 aromatic heterocycles. The van der Waals surface area contributed by atoms with Gasteiger partial charge in [-0.05, 0) is 24.5 Å². The summed E-state index contributed by atoms with van der Waals surface area (Å²) < 4.78 is 42.8. The van der Waals surface area contributed by atoms with Crippen molar-refractivity contribution in [2.75, 3.05) is 6.26 Å². The quantitative estimate of drug-likeness (QED) is 0.878. The van der Waals surface area contributed by atoms with Crippen molar-refractivity contribution in [1.29, 1.82) is 0 Å². The third kappa shape index (κ3) is 3.97. The summed E-state index contributed by atoms with van der Waals surface area (Å²) in [5.74, 6) is -0.468. The van der Waals surface area contributed by atoms with Crippen molar-refractivity contribution in [1.82, 2.24) is 15.5 Å². The molecule has 0 saturated heterocycles. The van der Waals surface area contributed by atoms with Gasteiger partial charge in [0.1, 0.15) is 0 Å². The zero-order chi connectivity index (χ0) is 15.5. The Hall–Kier alpha value is -2.03. The van der Waals surface area contributed by atoms with Gasteiger partial charge in [0.2, 0.25) is 5.89 Å². The molecule has 5 nitrogen and oxygen atoms in total. The second-order valence-corrected chi connectivity index (χ2v) is 4.68. The monoisotopic (exact) mass is 317 g/mol. The molecule has 2 aromatic rings. The second kappa shape index (κ2) is 6.17. The van der Waals surface area contributed by atoms with Crippen LogP contribution in [0.1, 0.15) is 21.8 Å². The maximum Gasteiger partial charge on any atom is 0.416 e. The number of alkyl halides is 3. The van der Waals surface area contributed by atoms with Crippen LogP contribution in [0, 0.1) is 0 Å². The number of nitrogens with one attached hydrogen (secondary N) is 1. The second-order valence-electron chi connectivity index (χ2n) is 3.93. The smallest absolute Gasteiger partial charge is 0.414 e. The number of carbonyl (C=O) groups excluding carboxylic acids is 1. The van der Waals surface area contributed by atoms with Crippen LogP contribution in [0.25, 0.3) is 0 Å². The lowest BCUT2D eigenvalue weighted by Gasteiger charge is -2.08. The number of aromatic nitrogens is 2. The Labute approximate surface area is 121 Å². The van der Waals surface area contributed by atoms with Crippen molar-refractivity contribution in [3.63, 3.8) is 0 Å². The molecule has 9 heteroatoms. The Morgan fingerprint density at radius 1 is 1.38 bits per heavy atom. The van der Waals surface area contributed by atoms with Crippen LogP contribution in [-0.4, -0.2) is 22.4 Å². The average Bonchev–Trinajstić information content (AvgIpc) is 2.92. The number of amides is 1. The van der Waals surface area contributed by atoms with Gasteiger partial charge in [0.25, 0.3) is 11.1 Å². The minimum absolute atomic E-state index is 0.0529. The number of carbonyl (C=O) groups is 1. The first-order chi connectivity index (χ1) is 9.90. The summed E-state index contributed by atoms with van der Waals surface area (Å²) >= 11 is 1.25. The molecule has 1 N–H and O–H groups in total. The summed E-state index contributed by atoms with van der Waals surface area (Å²) in [7, 11) is 0. The van der Waals surface area contributed by atoms with E-state index in [4.69, 9.17) is 4.42 Å². The highest BCUT2D eigenvalue weighted by Gasteiger charge is 2.30. The van der Waals surface area contributed by atoms with Gasteiger partial charge < -0.3 is 9.73 Å². The van der Waals surface area contributed by atoms with Crippen molar-refractivity contribution in [2.24, 2.45) is 0 Å².